The number of aromatic nitrogens is 4. The molecule has 0 aliphatic heterocycles. The fourth-order valence-corrected chi connectivity index (χ4v) is 7.77. The summed E-state index contributed by atoms with van der Waals surface area (Å²) in [5.41, 5.74) is 26.5. The molecule has 236 valence electrons. The van der Waals surface area contributed by atoms with Crippen LogP contribution in [0.4, 0.5) is 11.4 Å². The second-order valence-corrected chi connectivity index (χ2v) is 12.7. The van der Waals surface area contributed by atoms with E-state index in [2.05, 4.69) is 155 Å². The van der Waals surface area contributed by atoms with E-state index in [9.17, 15) is 0 Å². The van der Waals surface area contributed by atoms with Gasteiger partial charge in [0.15, 0.2) is 0 Å². The van der Waals surface area contributed by atoms with Gasteiger partial charge in [-0.2, -0.15) is 0 Å². The standard InChI is InChI=1S/C44H30N6/c45-41-39(27-17-21-29(22-18-27)49-35-13-5-1-9-31(35)32-10-2-6-14-36(32)49)43-44(48-26-25-47-43)40(42(41)46)28-19-23-30(24-20-28)50-37-15-7-3-11-33(37)34-12-4-8-16-38(34)50/h1-26H,45-46H2. The molecule has 6 heteroatoms. The molecule has 0 spiro atoms. The highest BCUT2D eigenvalue weighted by Crippen LogP contribution is 2.44. The summed E-state index contributed by atoms with van der Waals surface area (Å²) in [4.78, 5) is 9.64. The molecule has 4 N–H and O–H groups in total. The van der Waals surface area contributed by atoms with Gasteiger partial charge in [0.1, 0.15) is 0 Å². The van der Waals surface area contributed by atoms with Crippen LogP contribution in [0.1, 0.15) is 0 Å². The van der Waals surface area contributed by atoms with Crippen molar-refractivity contribution >= 4 is 66.0 Å². The third-order valence-electron chi connectivity index (χ3n) is 9.99. The second kappa shape index (κ2) is 10.8. The van der Waals surface area contributed by atoms with Gasteiger partial charge in [-0.1, -0.05) is 97.1 Å². The van der Waals surface area contributed by atoms with Crippen LogP contribution in [0, 0.1) is 0 Å². The highest BCUT2D eigenvalue weighted by molar-refractivity contribution is 6.13. The number of nitrogens with two attached hydrogens (primary N) is 2. The fourth-order valence-electron chi connectivity index (χ4n) is 7.77. The lowest BCUT2D eigenvalue weighted by molar-refractivity contribution is 1.18. The van der Waals surface area contributed by atoms with Gasteiger partial charge in [-0.15, -0.1) is 0 Å². The molecule has 6 nitrogen and oxygen atoms in total. The van der Waals surface area contributed by atoms with Crippen LogP contribution in [0.15, 0.2) is 158 Å². The Morgan fingerprint density at radius 1 is 0.360 bits per heavy atom. The van der Waals surface area contributed by atoms with Crippen molar-refractivity contribution in [2.75, 3.05) is 11.5 Å². The van der Waals surface area contributed by atoms with Crippen molar-refractivity contribution in [1.82, 2.24) is 19.1 Å². The SMILES string of the molecule is Nc1c(N)c(-c2ccc(-n3c4ccccc4c4ccccc43)cc2)c2nccnc2c1-c1ccc(-n2c3ccccc3c3ccccc32)cc1. The Morgan fingerprint density at radius 2 is 0.660 bits per heavy atom. The molecule has 10 aromatic rings. The number of para-hydroxylation sites is 4. The van der Waals surface area contributed by atoms with Crippen molar-refractivity contribution in [2.24, 2.45) is 0 Å². The summed E-state index contributed by atoms with van der Waals surface area (Å²) >= 11 is 0. The summed E-state index contributed by atoms with van der Waals surface area (Å²) in [5, 5.41) is 4.90. The zero-order valence-corrected chi connectivity index (χ0v) is 27.0. The van der Waals surface area contributed by atoms with Crippen LogP contribution >= 0.6 is 0 Å². The summed E-state index contributed by atoms with van der Waals surface area (Å²) in [6.07, 6.45) is 3.42. The van der Waals surface area contributed by atoms with Crippen molar-refractivity contribution in [3.05, 3.63) is 158 Å². The molecule has 0 amide bonds. The van der Waals surface area contributed by atoms with Crippen LogP contribution in [0.25, 0.3) is 88.3 Å². The van der Waals surface area contributed by atoms with Gasteiger partial charge in [-0.3, -0.25) is 9.97 Å². The highest BCUT2D eigenvalue weighted by Gasteiger charge is 2.21. The number of benzene rings is 7. The molecule has 0 saturated carbocycles. The minimum Gasteiger partial charge on any atom is -0.396 e. The van der Waals surface area contributed by atoms with Crippen LogP contribution in [0.5, 0.6) is 0 Å². The Morgan fingerprint density at radius 3 is 0.980 bits per heavy atom. The summed E-state index contributed by atoms with van der Waals surface area (Å²) in [7, 11) is 0. The molecule has 0 atom stereocenters. The number of hydrogen-bond acceptors (Lipinski definition) is 4. The quantitative estimate of drug-likeness (QED) is 0.187. The zero-order valence-electron chi connectivity index (χ0n) is 27.0. The fraction of sp³-hybridized carbons (Fsp3) is 0. The number of nitrogens with zero attached hydrogens (tertiary/aromatic N) is 4. The van der Waals surface area contributed by atoms with E-state index in [-0.39, 0.29) is 0 Å². The predicted molar refractivity (Wildman–Crippen MR) is 208 cm³/mol. The van der Waals surface area contributed by atoms with E-state index in [4.69, 9.17) is 21.4 Å². The largest absolute Gasteiger partial charge is 0.396 e. The Labute approximate surface area is 287 Å². The summed E-state index contributed by atoms with van der Waals surface area (Å²) in [6.45, 7) is 0. The zero-order chi connectivity index (χ0) is 33.3. The van der Waals surface area contributed by atoms with E-state index in [1.807, 2.05) is 0 Å². The van der Waals surface area contributed by atoms with Gasteiger partial charge in [-0.25, -0.2) is 0 Å². The number of anilines is 2. The number of fused-ring (bicyclic) bond motifs is 7. The molecule has 0 radical (unpaired) electrons. The summed E-state index contributed by atoms with van der Waals surface area (Å²) in [5.74, 6) is 0. The molecule has 0 saturated heterocycles. The van der Waals surface area contributed by atoms with Crippen molar-refractivity contribution in [3.8, 4) is 33.6 Å². The minimum atomic E-state index is 0.490. The number of rotatable bonds is 4. The lowest BCUT2D eigenvalue weighted by atomic mass is 9.93. The average Bonchev–Trinajstić information content (AvgIpc) is 3.69. The first kappa shape index (κ1) is 28.1. The third kappa shape index (κ3) is 4.02. The maximum atomic E-state index is 6.93. The van der Waals surface area contributed by atoms with E-state index >= 15 is 0 Å². The smallest absolute Gasteiger partial charge is 0.0993 e. The van der Waals surface area contributed by atoms with Crippen molar-refractivity contribution in [3.63, 3.8) is 0 Å². The molecular formula is C44H30N6. The lowest BCUT2D eigenvalue weighted by Crippen LogP contribution is -2.04. The molecule has 3 aromatic heterocycles. The van der Waals surface area contributed by atoms with Gasteiger partial charge in [0.2, 0.25) is 0 Å². The topological polar surface area (TPSA) is 87.7 Å². The van der Waals surface area contributed by atoms with Gasteiger partial charge < -0.3 is 20.6 Å². The van der Waals surface area contributed by atoms with Crippen molar-refractivity contribution in [2.45, 2.75) is 0 Å². The molecule has 3 heterocycles. The number of nitrogen functional groups attached to an aromatic ring is 2. The van der Waals surface area contributed by atoms with Gasteiger partial charge in [0.05, 0.1) is 44.5 Å². The van der Waals surface area contributed by atoms with Gasteiger partial charge in [0, 0.05) is 56.4 Å². The maximum absolute atomic E-state index is 6.93. The van der Waals surface area contributed by atoms with E-state index < -0.39 is 0 Å². The van der Waals surface area contributed by atoms with Crippen LogP contribution < -0.4 is 11.5 Å². The van der Waals surface area contributed by atoms with Crippen LogP contribution in [0.2, 0.25) is 0 Å². The maximum Gasteiger partial charge on any atom is 0.0993 e. The first-order valence-electron chi connectivity index (χ1n) is 16.7. The van der Waals surface area contributed by atoms with Gasteiger partial charge >= 0.3 is 0 Å². The summed E-state index contributed by atoms with van der Waals surface area (Å²) < 4.78 is 4.60. The molecule has 0 fully saturated rings. The Balaban J connectivity index is 1.09. The average molecular weight is 643 g/mol. The molecule has 0 unspecified atom stereocenters. The first-order chi connectivity index (χ1) is 24.7. The van der Waals surface area contributed by atoms with E-state index in [0.29, 0.717) is 22.4 Å². The van der Waals surface area contributed by atoms with Gasteiger partial charge in [-0.05, 0) is 59.7 Å². The first-order valence-corrected chi connectivity index (χ1v) is 16.7. The molecule has 50 heavy (non-hydrogen) atoms. The monoisotopic (exact) mass is 642 g/mol. The van der Waals surface area contributed by atoms with Crippen LogP contribution in [-0.2, 0) is 0 Å². The highest BCUT2D eigenvalue weighted by atomic mass is 15.0. The molecule has 0 aliphatic rings. The van der Waals surface area contributed by atoms with Crippen LogP contribution in [0.3, 0.4) is 0 Å². The molecule has 7 aromatic carbocycles. The molecule has 0 aliphatic carbocycles. The molecule has 10 rings (SSSR count). The second-order valence-electron chi connectivity index (χ2n) is 12.7. The van der Waals surface area contributed by atoms with Gasteiger partial charge in [0.25, 0.3) is 0 Å². The Kier molecular flexibility index (Phi) is 6.08. The van der Waals surface area contributed by atoms with E-state index in [0.717, 1.165) is 55.7 Å². The number of hydrogen-bond donors (Lipinski definition) is 2. The van der Waals surface area contributed by atoms with E-state index in [1.54, 1.807) is 12.4 Å². The molecular weight excluding hydrogens is 613 g/mol. The Bertz CT molecular complexity index is 2630. The Hall–Kier alpha value is -6.92. The van der Waals surface area contributed by atoms with Crippen molar-refractivity contribution in [1.29, 1.82) is 0 Å². The normalized spacial score (nSPS) is 11.8. The van der Waals surface area contributed by atoms with Crippen LogP contribution in [-0.4, -0.2) is 19.1 Å². The summed E-state index contributed by atoms with van der Waals surface area (Å²) in [6, 6.07) is 51.0. The van der Waals surface area contributed by atoms with Crippen molar-refractivity contribution < 1.29 is 0 Å². The lowest BCUT2D eigenvalue weighted by Gasteiger charge is -2.18. The third-order valence-corrected chi connectivity index (χ3v) is 9.99. The predicted octanol–water partition coefficient (Wildman–Crippen LogP) is 10.3. The van der Waals surface area contributed by atoms with E-state index in [1.165, 1.54) is 21.5 Å². The minimum absolute atomic E-state index is 0.490. The molecule has 0 bridgehead atoms.